The number of aromatic nitrogens is 2. The van der Waals surface area contributed by atoms with E-state index in [-0.39, 0.29) is 35.5 Å². The van der Waals surface area contributed by atoms with Gasteiger partial charge in [-0.25, -0.2) is 9.37 Å². The Bertz CT molecular complexity index is 1190. The Morgan fingerprint density at radius 3 is 2.58 bits per heavy atom. The lowest BCUT2D eigenvalue weighted by atomic mass is 10.0. The second-order valence-corrected chi connectivity index (χ2v) is 8.18. The van der Waals surface area contributed by atoms with E-state index in [2.05, 4.69) is 15.3 Å². The largest absolute Gasteiger partial charge is 0.417 e. The number of carbonyl (C=O) groups is 1. The van der Waals surface area contributed by atoms with Gasteiger partial charge in [0, 0.05) is 18.3 Å². The molecule has 1 aliphatic carbocycles. The Kier molecular flexibility index (Phi) is 6.16. The van der Waals surface area contributed by atoms with Gasteiger partial charge in [-0.1, -0.05) is 0 Å². The second-order valence-electron chi connectivity index (χ2n) is 8.18. The summed E-state index contributed by atoms with van der Waals surface area (Å²) in [6, 6.07) is 8.59. The van der Waals surface area contributed by atoms with E-state index in [1.807, 2.05) is 19.1 Å². The van der Waals surface area contributed by atoms with Gasteiger partial charge in [0.1, 0.15) is 11.5 Å². The van der Waals surface area contributed by atoms with E-state index in [0.29, 0.717) is 11.6 Å². The van der Waals surface area contributed by atoms with Gasteiger partial charge in [0.25, 0.3) is 5.91 Å². The highest BCUT2D eigenvalue weighted by Crippen LogP contribution is 2.41. The number of amides is 1. The number of pyridine rings is 2. The van der Waals surface area contributed by atoms with Crippen LogP contribution >= 0.6 is 0 Å². The SMILES string of the molecule is Cc1ccnc(C(NC(=O)c2cc(CN)cc(-c3ccc(F)cc3C(F)(F)F)n2)C2CC2)c1. The van der Waals surface area contributed by atoms with Gasteiger partial charge in [-0.15, -0.1) is 0 Å². The van der Waals surface area contributed by atoms with Gasteiger partial charge in [-0.2, -0.15) is 13.2 Å². The molecule has 0 bridgehead atoms. The van der Waals surface area contributed by atoms with E-state index in [0.717, 1.165) is 36.2 Å². The monoisotopic (exact) mass is 458 g/mol. The maximum atomic E-state index is 13.6. The molecular formula is C24H22F4N4O. The standard InChI is InChI=1S/C24H22F4N4O/c1-13-6-7-30-20(8-13)22(15-2-3-15)32-23(33)21-10-14(12-29)9-19(31-21)17-5-4-16(25)11-18(17)24(26,27)28/h4-11,15,22H,2-3,12,29H2,1H3,(H,32,33). The summed E-state index contributed by atoms with van der Waals surface area (Å²) in [5, 5.41) is 2.94. The Morgan fingerprint density at radius 1 is 1.18 bits per heavy atom. The normalized spacial score (nSPS) is 14.7. The summed E-state index contributed by atoms with van der Waals surface area (Å²) < 4.78 is 54.2. The van der Waals surface area contributed by atoms with E-state index in [1.54, 1.807) is 6.20 Å². The van der Waals surface area contributed by atoms with Crippen LogP contribution in [0.1, 0.15) is 51.8 Å². The fourth-order valence-electron chi connectivity index (χ4n) is 3.74. The molecule has 9 heteroatoms. The molecule has 33 heavy (non-hydrogen) atoms. The van der Waals surface area contributed by atoms with Gasteiger partial charge in [0.05, 0.1) is 23.0 Å². The molecule has 0 aliphatic heterocycles. The van der Waals surface area contributed by atoms with Crippen LogP contribution in [0.5, 0.6) is 0 Å². The summed E-state index contributed by atoms with van der Waals surface area (Å²) in [6.45, 7) is 1.92. The minimum absolute atomic E-state index is 0.0101. The van der Waals surface area contributed by atoms with Crippen molar-refractivity contribution in [2.75, 3.05) is 0 Å². The van der Waals surface area contributed by atoms with Crippen LogP contribution in [-0.4, -0.2) is 15.9 Å². The first-order chi connectivity index (χ1) is 15.7. The van der Waals surface area contributed by atoms with Crippen molar-refractivity contribution in [3.8, 4) is 11.3 Å². The van der Waals surface area contributed by atoms with E-state index in [9.17, 15) is 22.4 Å². The molecule has 0 radical (unpaired) electrons. The summed E-state index contributed by atoms with van der Waals surface area (Å²) >= 11 is 0. The molecule has 1 amide bonds. The number of nitrogens with zero attached hydrogens (tertiary/aromatic N) is 2. The van der Waals surface area contributed by atoms with Crippen LogP contribution in [0.15, 0.2) is 48.7 Å². The van der Waals surface area contributed by atoms with Crippen LogP contribution in [0.4, 0.5) is 17.6 Å². The third kappa shape index (κ3) is 5.19. The van der Waals surface area contributed by atoms with Gasteiger partial charge in [0.2, 0.25) is 0 Å². The number of rotatable bonds is 6. The molecule has 4 rings (SSSR count). The van der Waals surface area contributed by atoms with Crippen LogP contribution in [-0.2, 0) is 12.7 Å². The Morgan fingerprint density at radius 2 is 1.94 bits per heavy atom. The molecule has 3 N–H and O–H groups in total. The summed E-state index contributed by atoms with van der Waals surface area (Å²) in [5.41, 5.74) is 6.21. The summed E-state index contributed by atoms with van der Waals surface area (Å²) in [4.78, 5) is 21.7. The lowest BCUT2D eigenvalue weighted by Gasteiger charge is -2.19. The van der Waals surface area contributed by atoms with Crippen LogP contribution < -0.4 is 11.1 Å². The zero-order chi connectivity index (χ0) is 23.8. The van der Waals surface area contributed by atoms with Crippen LogP contribution in [0.3, 0.4) is 0 Å². The van der Waals surface area contributed by atoms with Crippen molar-refractivity contribution >= 4 is 5.91 Å². The number of hydrogen-bond acceptors (Lipinski definition) is 4. The first-order valence-electron chi connectivity index (χ1n) is 10.5. The highest BCUT2D eigenvalue weighted by atomic mass is 19.4. The van der Waals surface area contributed by atoms with E-state index < -0.39 is 23.5 Å². The lowest BCUT2D eigenvalue weighted by molar-refractivity contribution is -0.137. The molecule has 1 unspecified atom stereocenters. The minimum Gasteiger partial charge on any atom is -0.342 e. The highest BCUT2D eigenvalue weighted by Gasteiger charge is 2.36. The molecule has 2 heterocycles. The quantitative estimate of drug-likeness (QED) is 0.512. The van der Waals surface area contributed by atoms with Gasteiger partial charge >= 0.3 is 6.18 Å². The average molecular weight is 458 g/mol. The number of hydrogen-bond donors (Lipinski definition) is 2. The fourth-order valence-corrected chi connectivity index (χ4v) is 3.74. The number of halogens is 4. The maximum absolute atomic E-state index is 13.6. The van der Waals surface area contributed by atoms with E-state index in [1.165, 1.54) is 12.1 Å². The Hall–Kier alpha value is -3.33. The van der Waals surface area contributed by atoms with Crippen molar-refractivity contribution in [1.82, 2.24) is 15.3 Å². The number of alkyl halides is 3. The van der Waals surface area contributed by atoms with Crippen LogP contribution in [0.2, 0.25) is 0 Å². The van der Waals surface area contributed by atoms with Gasteiger partial charge in [-0.3, -0.25) is 9.78 Å². The van der Waals surface area contributed by atoms with Crippen LogP contribution in [0.25, 0.3) is 11.3 Å². The predicted molar refractivity (Wildman–Crippen MR) is 114 cm³/mol. The van der Waals surface area contributed by atoms with Crippen molar-refractivity contribution in [3.05, 3.63) is 82.6 Å². The van der Waals surface area contributed by atoms with Gasteiger partial charge < -0.3 is 11.1 Å². The zero-order valence-electron chi connectivity index (χ0n) is 17.8. The maximum Gasteiger partial charge on any atom is 0.417 e. The third-order valence-electron chi connectivity index (χ3n) is 5.55. The third-order valence-corrected chi connectivity index (χ3v) is 5.55. The summed E-state index contributed by atoms with van der Waals surface area (Å²) in [5.74, 6) is -1.33. The molecule has 1 saturated carbocycles. The zero-order valence-corrected chi connectivity index (χ0v) is 17.8. The topological polar surface area (TPSA) is 80.9 Å². The summed E-state index contributed by atoms with van der Waals surface area (Å²) in [7, 11) is 0. The Balaban J connectivity index is 1.71. The number of nitrogens with two attached hydrogens (primary N) is 1. The van der Waals surface area contributed by atoms with Crippen molar-refractivity contribution in [1.29, 1.82) is 0 Å². The molecule has 1 aromatic carbocycles. The Labute approximate surface area is 188 Å². The van der Waals surface area contributed by atoms with Crippen molar-refractivity contribution < 1.29 is 22.4 Å². The van der Waals surface area contributed by atoms with E-state index >= 15 is 0 Å². The summed E-state index contributed by atoms with van der Waals surface area (Å²) in [6.07, 6.45) is -1.25. The molecule has 0 saturated heterocycles. The van der Waals surface area contributed by atoms with Gasteiger partial charge in [-0.05, 0) is 79.3 Å². The van der Waals surface area contributed by atoms with Gasteiger partial charge in [0.15, 0.2) is 0 Å². The molecule has 172 valence electrons. The lowest BCUT2D eigenvalue weighted by Crippen LogP contribution is -2.31. The molecule has 5 nitrogen and oxygen atoms in total. The van der Waals surface area contributed by atoms with Crippen LogP contribution in [0, 0.1) is 18.7 Å². The molecule has 2 aromatic heterocycles. The fraction of sp³-hybridized carbons (Fsp3) is 0.292. The molecule has 1 aliphatic rings. The van der Waals surface area contributed by atoms with Crippen molar-refractivity contribution in [2.45, 2.75) is 38.5 Å². The highest BCUT2D eigenvalue weighted by molar-refractivity contribution is 5.93. The molecule has 1 atom stereocenters. The smallest absolute Gasteiger partial charge is 0.342 e. The number of benzene rings is 1. The number of carbonyl (C=O) groups excluding carboxylic acids is 1. The number of aryl methyl sites for hydroxylation is 1. The molecular weight excluding hydrogens is 436 g/mol. The molecule has 1 fully saturated rings. The first kappa shape index (κ1) is 22.8. The van der Waals surface area contributed by atoms with E-state index in [4.69, 9.17) is 5.73 Å². The predicted octanol–water partition coefficient (Wildman–Crippen LogP) is 4.95. The second kappa shape index (κ2) is 8.90. The minimum atomic E-state index is -4.80. The first-order valence-corrected chi connectivity index (χ1v) is 10.5. The molecule has 0 spiro atoms. The number of nitrogens with one attached hydrogen (secondary N) is 1. The van der Waals surface area contributed by atoms with Crippen molar-refractivity contribution in [2.24, 2.45) is 11.7 Å². The molecule has 3 aromatic rings. The average Bonchev–Trinajstić information content (AvgIpc) is 3.61. The van der Waals surface area contributed by atoms with Crippen molar-refractivity contribution in [3.63, 3.8) is 0 Å².